The van der Waals surface area contributed by atoms with E-state index < -0.39 is 21.8 Å². The first-order chi connectivity index (χ1) is 17.4. The van der Waals surface area contributed by atoms with E-state index in [0.29, 0.717) is 6.42 Å². The Morgan fingerprint density at radius 3 is 2.17 bits per heavy atom. The molecule has 5 aromatic rings. The van der Waals surface area contributed by atoms with E-state index in [4.69, 9.17) is 4.74 Å². The smallest absolute Gasteiger partial charge is 0.264 e. The van der Waals surface area contributed by atoms with Crippen molar-refractivity contribution in [1.29, 1.82) is 0 Å². The Morgan fingerprint density at radius 1 is 0.750 bits per heavy atom. The highest BCUT2D eigenvalue weighted by molar-refractivity contribution is 7.90. The molecule has 6 heteroatoms. The van der Waals surface area contributed by atoms with E-state index in [2.05, 4.69) is 4.72 Å². The molecule has 0 aromatic heterocycles. The number of benzene rings is 5. The van der Waals surface area contributed by atoms with E-state index in [0.717, 1.165) is 38.4 Å². The van der Waals surface area contributed by atoms with Crippen LogP contribution in [0, 0.1) is 0 Å². The number of nitrogens with one attached hydrogen (secondary N) is 1. The lowest BCUT2D eigenvalue weighted by Crippen LogP contribution is -2.35. The molecule has 0 radical (unpaired) electrons. The molecule has 0 aliphatic carbocycles. The maximum Gasteiger partial charge on any atom is 0.264 e. The highest BCUT2D eigenvalue weighted by Crippen LogP contribution is 2.28. The molecule has 0 bridgehead atoms. The molecule has 180 valence electrons. The van der Waals surface area contributed by atoms with Crippen molar-refractivity contribution in [2.45, 2.75) is 17.2 Å². The number of hydrogen-bond acceptors (Lipinski definition) is 4. The Bertz CT molecular complexity index is 1660. The number of ether oxygens (including phenoxy) is 1. The highest BCUT2D eigenvalue weighted by atomic mass is 32.2. The molecular weight excluding hydrogens is 470 g/mol. The average molecular weight is 496 g/mol. The van der Waals surface area contributed by atoms with Crippen LogP contribution in [0.15, 0.2) is 114 Å². The third kappa shape index (κ3) is 4.95. The summed E-state index contributed by atoms with van der Waals surface area (Å²) >= 11 is 0. The van der Waals surface area contributed by atoms with E-state index in [-0.39, 0.29) is 4.90 Å². The number of fused-ring (bicyclic) bond motifs is 2. The Hall–Kier alpha value is -4.16. The van der Waals surface area contributed by atoms with Crippen LogP contribution in [0.5, 0.6) is 5.75 Å². The number of rotatable bonds is 7. The number of methoxy groups -OCH3 is 1. The summed E-state index contributed by atoms with van der Waals surface area (Å²) in [5, 5.41) is 3.63. The molecule has 5 rings (SSSR count). The van der Waals surface area contributed by atoms with Crippen molar-refractivity contribution < 1.29 is 17.9 Å². The fourth-order valence-electron chi connectivity index (χ4n) is 4.39. The molecule has 5 aromatic carbocycles. The number of carbonyl (C=O) groups is 1. The maximum atomic E-state index is 13.5. The summed E-state index contributed by atoms with van der Waals surface area (Å²) in [6.07, 6.45) is 0.363. The summed E-state index contributed by atoms with van der Waals surface area (Å²) in [4.78, 5) is 13.6. The predicted octanol–water partition coefficient (Wildman–Crippen LogP) is 5.83. The van der Waals surface area contributed by atoms with Crippen LogP contribution in [0.25, 0.3) is 21.5 Å². The quantitative estimate of drug-likeness (QED) is 0.308. The monoisotopic (exact) mass is 495 g/mol. The second kappa shape index (κ2) is 9.84. The van der Waals surface area contributed by atoms with Gasteiger partial charge in [0.15, 0.2) is 0 Å². The van der Waals surface area contributed by atoms with Gasteiger partial charge in [-0.2, -0.15) is 0 Å². The topological polar surface area (TPSA) is 72.5 Å². The molecule has 1 unspecified atom stereocenters. The third-order valence-electron chi connectivity index (χ3n) is 6.34. The van der Waals surface area contributed by atoms with Gasteiger partial charge in [-0.25, -0.2) is 13.1 Å². The van der Waals surface area contributed by atoms with Crippen molar-refractivity contribution in [3.8, 4) is 5.75 Å². The van der Waals surface area contributed by atoms with Gasteiger partial charge in [0, 0.05) is 0 Å². The minimum atomic E-state index is -4.06. The van der Waals surface area contributed by atoms with Gasteiger partial charge in [0.25, 0.3) is 10.0 Å². The Kier molecular flexibility index (Phi) is 6.44. The van der Waals surface area contributed by atoms with Gasteiger partial charge in [0.2, 0.25) is 5.91 Å². The molecule has 5 nitrogen and oxygen atoms in total. The molecule has 1 amide bonds. The first-order valence-corrected chi connectivity index (χ1v) is 13.1. The minimum absolute atomic E-state index is 0.0543. The predicted molar refractivity (Wildman–Crippen MR) is 143 cm³/mol. The summed E-state index contributed by atoms with van der Waals surface area (Å²) in [5.74, 6) is -0.524. The van der Waals surface area contributed by atoms with E-state index in [1.807, 2.05) is 91.0 Å². The van der Waals surface area contributed by atoms with Gasteiger partial charge in [-0.15, -0.1) is 0 Å². The summed E-state index contributed by atoms with van der Waals surface area (Å²) in [7, 11) is -2.45. The Morgan fingerprint density at radius 2 is 1.39 bits per heavy atom. The fourth-order valence-corrected chi connectivity index (χ4v) is 5.45. The molecule has 1 atom stereocenters. The second-order valence-electron chi connectivity index (χ2n) is 8.69. The Balaban J connectivity index is 1.49. The van der Waals surface area contributed by atoms with Crippen molar-refractivity contribution >= 4 is 37.5 Å². The lowest BCUT2D eigenvalue weighted by Gasteiger charge is -2.18. The molecule has 0 spiro atoms. The zero-order valence-corrected chi connectivity index (χ0v) is 20.5. The minimum Gasteiger partial charge on any atom is -0.497 e. The number of amides is 1. The first kappa shape index (κ1) is 23.6. The maximum absolute atomic E-state index is 13.5. The van der Waals surface area contributed by atoms with E-state index in [1.54, 1.807) is 19.2 Å². The standard InChI is InChI=1S/C30H25NO4S/c1-35-27-15-13-24-18-26(12-11-25(24)19-27)29(17-21-7-3-2-4-8-21)30(32)31-36(33,34)28-16-14-22-9-5-6-10-23(22)20-28/h2-16,18-20,29H,17H2,1H3,(H,31,32). The van der Waals surface area contributed by atoms with Crippen LogP contribution >= 0.6 is 0 Å². The average Bonchev–Trinajstić information content (AvgIpc) is 2.91. The zero-order valence-electron chi connectivity index (χ0n) is 19.7. The van der Waals surface area contributed by atoms with E-state index >= 15 is 0 Å². The van der Waals surface area contributed by atoms with Crippen LogP contribution in [0.2, 0.25) is 0 Å². The third-order valence-corrected chi connectivity index (χ3v) is 7.68. The lowest BCUT2D eigenvalue weighted by atomic mass is 9.90. The highest BCUT2D eigenvalue weighted by Gasteiger charge is 2.27. The van der Waals surface area contributed by atoms with Crippen LogP contribution in [0.3, 0.4) is 0 Å². The first-order valence-electron chi connectivity index (χ1n) is 11.6. The van der Waals surface area contributed by atoms with Gasteiger partial charge in [-0.1, -0.05) is 84.9 Å². The van der Waals surface area contributed by atoms with Crippen molar-refractivity contribution in [2.75, 3.05) is 7.11 Å². The summed E-state index contributed by atoms with van der Waals surface area (Å²) < 4.78 is 34.1. The molecule has 0 aliphatic rings. The molecule has 0 fully saturated rings. The van der Waals surface area contributed by atoms with Crippen molar-refractivity contribution in [3.63, 3.8) is 0 Å². The number of hydrogen-bond donors (Lipinski definition) is 1. The molecular formula is C30H25NO4S. The number of carbonyl (C=O) groups excluding carboxylic acids is 1. The van der Waals surface area contributed by atoms with Gasteiger partial charge in [0.1, 0.15) is 5.75 Å². The summed E-state index contributed by atoms with van der Waals surface area (Å²) in [5.41, 5.74) is 1.68. The lowest BCUT2D eigenvalue weighted by molar-refractivity contribution is -0.120. The molecule has 0 heterocycles. The summed E-state index contributed by atoms with van der Waals surface area (Å²) in [6.45, 7) is 0. The number of sulfonamides is 1. The summed E-state index contributed by atoms with van der Waals surface area (Å²) in [6, 6.07) is 33.4. The van der Waals surface area contributed by atoms with Gasteiger partial charge in [-0.3, -0.25) is 4.79 Å². The van der Waals surface area contributed by atoms with Crippen LogP contribution < -0.4 is 9.46 Å². The molecule has 0 aliphatic heterocycles. The fraction of sp³-hybridized carbons (Fsp3) is 0.100. The largest absolute Gasteiger partial charge is 0.497 e. The molecule has 0 saturated carbocycles. The molecule has 36 heavy (non-hydrogen) atoms. The van der Waals surface area contributed by atoms with Gasteiger partial charge in [-0.05, 0) is 63.4 Å². The van der Waals surface area contributed by atoms with Gasteiger partial charge >= 0.3 is 0 Å². The van der Waals surface area contributed by atoms with E-state index in [1.165, 1.54) is 6.07 Å². The van der Waals surface area contributed by atoms with Gasteiger partial charge < -0.3 is 4.74 Å². The van der Waals surface area contributed by atoms with E-state index in [9.17, 15) is 13.2 Å². The molecule has 1 N–H and O–H groups in total. The van der Waals surface area contributed by atoms with Crippen molar-refractivity contribution in [2.24, 2.45) is 0 Å². The Labute approximate surface area is 210 Å². The van der Waals surface area contributed by atoms with Crippen LogP contribution in [-0.2, 0) is 21.2 Å². The van der Waals surface area contributed by atoms with Crippen LogP contribution in [0.4, 0.5) is 0 Å². The van der Waals surface area contributed by atoms with Crippen molar-refractivity contribution in [1.82, 2.24) is 4.72 Å². The van der Waals surface area contributed by atoms with Crippen LogP contribution in [0.1, 0.15) is 17.0 Å². The SMILES string of the molecule is COc1ccc2cc(C(Cc3ccccc3)C(=O)NS(=O)(=O)c3ccc4ccccc4c3)ccc2c1. The van der Waals surface area contributed by atoms with Crippen molar-refractivity contribution in [3.05, 3.63) is 120 Å². The second-order valence-corrected chi connectivity index (χ2v) is 10.4. The van der Waals surface area contributed by atoms with Gasteiger partial charge in [0.05, 0.1) is 17.9 Å². The van der Waals surface area contributed by atoms with Crippen LogP contribution in [-0.4, -0.2) is 21.4 Å². The zero-order chi connectivity index (χ0) is 25.1. The normalized spacial score (nSPS) is 12.4. The molecule has 0 saturated heterocycles.